The number of hydrogen-bond donors (Lipinski definition) is 2. The molecule has 8 heteroatoms. The van der Waals surface area contributed by atoms with Gasteiger partial charge in [0.2, 0.25) is 5.88 Å². The average Bonchev–Trinajstić information content (AvgIpc) is 2.83. The van der Waals surface area contributed by atoms with Crippen LogP contribution in [0, 0.1) is 16.7 Å². The van der Waals surface area contributed by atoms with Crippen LogP contribution in [0.15, 0.2) is 71.3 Å². The van der Waals surface area contributed by atoms with E-state index in [0.29, 0.717) is 42.2 Å². The molecule has 186 valence electrons. The van der Waals surface area contributed by atoms with E-state index in [1.807, 2.05) is 20.8 Å². The quantitative estimate of drug-likeness (QED) is 0.587. The smallest absolute Gasteiger partial charge is 0.262 e. The van der Waals surface area contributed by atoms with E-state index >= 15 is 0 Å². The zero-order valence-electron chi connectivity index (χ0n) is 20.6. The molecule has 0 saturated carbocycles. The van der Waals surface area contributed by atoms with Gasteiger partial charge in [-0.1, -0.05) is 26.0 Å². The average molecular weight is 488 g/mol. The lowest BCUT2D eigenvalue weighted by Crippen LogP contribution is -2.33. The first-order valence-corrected chi connectivity index (χ1v) is 11.8. The third-order valence-corrected chi connectivity index (χ3v) is 6.11. The fraction of sp³-hybridized carbons (Fsp3) is 0.321. The number of benzene rings is 2. The SMILES string of the molecule is CCOc1ccc(NC(=O)COc2ccc(C3C(C#N)=C(N)OC4=C3C(=O)CC(C)(C)C4)cc2)cc1. The van der Waals surface area contributed by atoms with Gasteiger partial charge in [0.25, 0.3) is 5.91 Å². The first-order chi connectivity index (χ1) is 17.2. The van der Waals surface area contributed by atoms with Crippen molar-refractivity contribution < 1.29 is 23.8 Å². The molecule has 4 rings (SSSR count). The Morgan fingerprint density at radius 3 is 2.39 bits per heavy atom. The summed E-state index contributed by atoms with van der Waals surface area (Å²) < 4.78 is 16.8. The second-order valence-electron chi connectivity index (χ2n) is 9.57. The van der Waals surface area contributed by atoms with Crippen LogP contribution in [-0.2, 0) is 14.3 Å². The van der Waals surface area contributed by atoms with Crippen molar-refractivity contribution in [2.75, 3.05) is 18.5 Å². The van der Waals surface area contributed by atoms with Crippen molar-refractivity contribution in [2.45, 2.75) is 39.5 Å². The van der Waals surface area contributed by atoms with Crippen molar-refractivity contribution in [1.29, 1.82) is 5.26 Å². The minimum Gasteiger partial charge on any atom is -0.494 e. The number of ether oxygens (including phenoxy) is 3. The maximum atomic E-state index is 13.1. The Morgan fingerprint density at radius 1 is 1.11 bits per heavy atom. The number of carbonyl (C=O) groups excluding carboxylic acids is 2. The monoisotopic (exact) mass is 487 g/mol. The van der Waals surface area contributed by atoms with E-state index in [1.54, 1.807) is 48.5 Å². The van der Waals surface area contributed by atoms with Crippen LogP contribution >= 0.6 is 0 Å². The van der Waals surface area contributed by atoms with E-state index in [0.717, 1.165) is 11.3 Å². The van der Waals surface area contributed by atoms with Crippen LogP contribution in [0.1, 0.15) is 45.1 Å². The van der Waals surface area contributed by atoms with Gasteiger partial charge in [-0.2, -0.15) is 5.26 Å². The highest BCUT2D eigenvalue weighted by molar-refractivity contribution is 6.00. The molecule has 1 heterocycles. The van der Waals surface area contributed by atoms with Crippen molar-refractivity contribution in [2.24, 2.45) is 11.1 Å². The highest BCUT2D eigenvalue weighted by atomic mass is 16.5. The fourth-order valence-corrected chi connectivity index (χ4v) is 4.52. The molecular weight excluding hydrogens is 458 g/mol. The molecule has 2 aliphatic rings. The van der Waals surface area contributed by atoms with Crippen molar-refractivity contribution in [3.8, 4) is 17.6 Å². The molecule has 8 nitrogen and oxygen atoms in total. The second-order valence-corrected chi connectivity index (χ2v) is 9.57. The predicted molar refractivity (Wildman–Crippen MR) is 134 cm³/mol. The zero-order valence-corrected chi connectivity index (χ0v) is 20.6. The number of Topliss-reactive ketones (excluding diaryl/α,β-unsaturated/α-hetero) is 1. The molecule has 1 atom stereocenters. The van der Waals surface area contributed by atoms with Crippen molar-refractivity contribution in [3.05, 3.63) is 76.9 Å². The highest BCUT2D eigenvalue weighted by Crippen LogP contribution is 2.47. The van der Waals surface area contributed by atoms with Gasteiger partial charge < -0.3 is 25.3 Å². The minimum absolute atomic E-state index is 0.0260. The molecular formula is C28H29N3O5. The van der Waals surface area contributed by atoms with Gasteiger partial charge in [0.05, 0.1) is 12.5 Å². The maximum absolute atomic E-state index is 13.1. The summed E-state index contributed by atoms with van der Waals surface area (Å²) in [5.41, 5.74) is 7.90. The van der Waals surface area contributed by atoms with Gasteiger partial charge in [0.15, 0.2) is 12.4 Å². The van der Waals surface area contributed by atoms with Crippen molar-refractivity contribution >= 4 is 17.4 Å². The van der Waals surface area contributed by atoms with Crippen LogP contribution in [0.4, 0.5) is 5.69 Å². The number of anilines is 1. The molecule has 0 saturated heterocycles. The molecule has 2 aromatic rings. The molecule has 36 heavy (non-hydrogen) atoms. The standard InChI is InChI=1S/C28H29N3O5/c1-4-34-19-11-7-18(8-12-19)31-24(33)16-35-20-9-5-17(6-10-20)25-21(15-29)27(30)36-23-14-28(2,3)13-22(32)26(23)25/h5-12,25H,4,13-14,16,30H2,1-3H3,(H,31,33). The van der Waals surface area contributed by atoms with Crippen LogP contribution in [0.3, 0.4) is 0 Å². The van der Waals surface area contributed by atoms with Crippen LogP contribution in [0.2, 0.25) is 0 Å². The summed E-state index contributed by atoms with van der Waals surface area (Å²) in [5, 5.41) is 12.5. The molecule has 3 N–H and O–H groups in total. The topological polar surface area (TPSA) is 124 Å². The van der Waals surface area contributed by atoms with E-state index in [-0.39, 0.29) is 35.2 Å². The number of ketones is 1. The summed E-state index contributed by atoms with van der Waals surface area (Å²) in [5.74, 6) is 0.821. The Bertz CT molecular complexity index is 1270. The number of carbonyl (C=O) groups is 2. The summed E-state index contributed by atoms with van der Waals surface area (Å²) in [7, 11) is 0. The van der Waals surface area contributed by atoms with Gasteiger partial charge in [-0.25, -0.2) is 0 Å². The van der Waals surface area contributed by atoms with E-state index in [1.165, 1.54) is 0 Å². The van der Waals surface area contributed by atoms with Gasteiger partial charge >= 0.3 is 0 Å². The maximum Gasteiger partial charge on any atom is 0.262 e. The molecule has 0 fully saturated rings. The minimum atomic E-state index is -0.598. The lowest BCUT2D eigenvalue weighted by Gasteiger charge is -2.37. The highest BCUT2D eigenvalue weighted by Gasteiger charge is 2.42. The van der Waals surface area contributed by atoms with Gasteiger partial charge in [-0.15, -0.1) is 0 Å². The van der Waals surface area contributed by atoms with Crippen LogP contribution in [0.5, 0.6) is 11.5 Å². The number of nitrogens with zero attached hydrogens (tertiary/aromatic N) is 1. The lowest BCUT2D eigenvalue weighted by molar-refractivity contribution is -0.119. The summed E-state index contributed by atoms with van der Waals surface area (Å²) in [6, 6.07) is 16.2. The number of allylic oxidation sites excluding steroid dienone is 3. The largest absolute Gasteiger partial charge is 0.494 e. The molecule has 1 unspecified atom stereocenters. The zero-order chi connectivity index (χ0) is 25.9. The Labute approximate surface area is 210 Å². The van der Waals surface area contributed by atoms with Crippen LogP contribution in [-0.4, -0.2) is 24.9 Å². The number of hydrogen-bond acceptors (Lipinski definition) is 7. The first kappa shape index (κ1) is 24.9. The third-order valence-electron chi connectivity index (χ3n) is 6.11. The molecule has 0 aromatic heterocycles. The number of amides is 1. The lowest BCUT2D eigenvalue weighted by atomic mass is 9.70. The first-order valence-electron chi connectivity index (χ1n) is 11.8. The van der Waals surface area contributed by atoms with Crippen molar-refractivity contribution in [1.82, 2.24) is 0 Å². The normalized spacial score (nSPS) is 18.6. The summed E-state index contributed by atoms with van der Waals surface area (Å²) >= 11 is 0. The third kappa shape index (κ3) is 5.36. The summed E-state index contributed by atoms with van der Waals surface area (Å²) in [6.07, 6.45) is 0.934. The molecule has 1 aliphatic heterocycles. The van der Waals surface area contributed by atoms with Crippen LogP contribution < -0.4 is 20.5 Å². The predicted octanol–water partition coefficient (Wildman–Crippen LogP) is 4.55. The van der Waals surface area contributed by atoms with E-state index in [4.69, 9.17) is 19.9 Å². The molecule has 0 spiro atoms. The van der Waals surface area contributed by atoms with Gasteiger partial charge in [-0.3, -0.25) is 9.59 Å². The Hall–Kier alpha value is -4.25. The number of rotatable bonds is 7. The van der Waals surface area contributed by atoms with Crippen molar-refractivity contribution in [3.63, 3.8) is 0 Å². The molecule has 0 bridgehead atoms. The van der Waals surface area contributed by atoms with Gasteiger partial charge in [-0.05, 0) is 54.3 Å². The number of nitrogens with two attached hydrogens (primary N) is 1. The number of nitrogens with one attached hydrogen (secondary N) is 1. The Kier molecular flexibility index (Phi) is 7.02. The van der Waals surface area contributed by atoms with Gasteiger partial charge in [0.1, 0.15) is 28.9 Å². The van der Waals surface area contributed by atoms with Gasteiger partial charge in [0, 0.05) is 24.1 Å². The summed E-state index contributed by atoms with van der Waals surface area (Å²) in [6.45, 7) is 6.31. The van der Waals surface area contributed by atoms with E-state index < -0.39 is 5.92 Å². The van der Waals surface area contributed by atoms with Crippen LogP contribution in [0.25, 0.3) is 0 Å². The van der Waals surface area contributed by atoms with E-state index in [2.05, 4.69) is 11.4 Å². The van der Waals surface area contributed by atoms with E-state index in [9.17, 15) is 14.9 Å². The molecule has 1 aliphatic carbocycles. The molecule has 2 aromatic carbocycles. The molecule has 1 amide bonds. The molecule has 0 radical (unpaired) electrons. The fourth-order valence-electron chi connectivity index (χ4n) is 4.52. The Morgan fingerprint density at radius 2 is 1.75 bits per heavy atom. The summed E-state index contributed by atoms with van der Waals surface area (Å²) in [4.78, 5) is 25.3. The number of nitriles is 1. The second kappa shape index (κ2) is 10.2. The Balaban J connectivity index is 1.45.